The Hall–Kier alpha value is -2.73. The number of imide groups is 1. The van der Waals surface area contributed by atoms with Gasteiger partial charge in [-0.3, -0.25) is 15.0 Å². The largest absolute Gasteiger partial charge is 0.351 e. The molecule has 0 bridgehead atoms. The van der Waals surface area contributed by atoms with Crippen LogP contribution in [0, 0.1) is 5.82 Å². The van der Waals surface area contributed by atoms with Gasteiger partial charge in [0.1, 0.15) is 11.9 Å². The van der Waals surface area contributed by atoms with Crippen molar-refractivity contribution >= 4 is 11.9 Å². The van der Waals surface area contributed by atoms with E-state index in [9.17, 15) is 14.0 Å². The maximum atomic E-state index is 13.2. The molecule has 1 fully saturated rings. The number of benzene rings is 2. The molecule has 0 saturated heterocycles. The number of carbonyl (C=O) groups excluding carboxylic acids is 2. The predicted octanol–water partition coefficient (Wildman–Crippen LogP) is 2.73. The van der Waals surface area contributed by atoms with Crippen LogP contribution in [0.4, 0.5) is 9.18 Å². The van der Waals surface area contributed by atoms with Gasteiger partial charge in [-0.2, -0.15) is 0 Å². The highest BCUT2D eigenvalue weighted by atomic mass is 19.1. The van der Waals surface area contributed by atoms with Crippen LogP contribution >= 0.6 is 0 Å². The molecule has 0 aliphatic heterocycles. The summed E-state index contributed by atoms with van der Waals surface area (Å²) in [5.41, 5.74) is 6.83. The van der Waals surface area contributed by atoms with E-state index in [1.165, 1.54) is 12.1 Å². The van der Waals surface area contributed by atoms with Crippen molar-refractivity contribution in [3.8, 4) is 0 Å². The van der Waals surface area contributed by atoms with Gasteiger partial charge in [0.05, 0.1) is 0 Å². The molecule has 1 atom stereocenters. The minimum atomic E-state index is -0.872. The summed E-state index contributed by atoms with van der Waals surface area (Å²) in [6, 6.07) is 14.2. The molecule has 1 aliphatic rings. The molecule has 2 aromatic rings. The summed E-state index contributed by atoms with van der Waals surface area (Å²) in [6.07, 6.45) is 1.96. The van der Waals surface area contributed by atoms with Gasteiger partial charge in [0.15, 0.2) is 0 Å². The number of primary amides is 1. The molecule has 1 aliphatic carbocycles. The summed E-state index contributed by atoms with van der Waals surface area (Å²) in [4.78, 5) is 25.9. The Kier molecular flexibility index (Phi) is 5.09. The number of amides is 3. The van der Waals surface area contributed by atoms with Gasteiger partial charge in [-0.1, -0.05) is 42.5 Å². The van der Waals surface area contributed by atoms with E-state index in [0.717, 1.165) is 24.0 Å². The van der Waals surface area contributed by atoms with Crippen molar-refractivity contribution in [1.29, 1.82) is 0 Å². The smallest absolute Gasteiger partial charge is 0.318 e. The van der Waals surface area contributed by atoms with Gasteiger partial charge in [-0.05, 0) is 36.1 Å². The van der Waals surface area contributed by atoms with E-state index >= 15 is 0 Å². The zero-order chi connectivity index (χ0) is 17.8. The maximum absolute atomic E-state index is 13.2. The minimum absolute atomic E-state index is 0.244. The Labute approximate surface area is 145 Å². The molecule has 0 spiro atoms. The third kappa shape index (κ3) is 4.42. The number of rotatable bonds is 6. The van der Waals surface area contributed by atoms with Crippen LogP contribution in [-0.2, 0) is 11.3 Å². The van der Waals surface area contributed by atoms with Crippen molar-refractivity contribution in [3.63, 3.8) is 0 Å². The van der Waals surface area contributed by atoms with Gasteiger partial charge in [0.2, 0.25) is 5.91 Å². The first-order chi connectivity index (χ1) is 12.0. The second-order valence-electron chi connectivity index (χ2n) is 6.20. The molecular formula is C19H20FN3O2. The number of nitrogens with one attached hydrogen (secondary N) is 1. The second-order valence-corrected chi connectivity index (χ2v) is 6.20. The fourth-order valence-electron chi connectivity index (χ4n) is 2.96. The fourth-order valence-corrected chi connectivity index (χ4v) is 2.96. The third-order valence-electron chi connectivity index (χ3n) is 4.24. The van der Waals surface area contributed by atoms with Crippen LogP contribution in [0.2, 0.25) is 0 Å². The third-order valence-corrected chi connectivity index (χ3v) is 4.24. The van der Waals surface area contributed by atoms with Crippen molar-refractivity contribution < 1.29 is 14.0 Å². The molecule has 0 heterocycles. The molecule has 25 heavy (non-hydrogen) atoms. The Balaban J connectivity index is 1.91. The lowest BCUT2D eigenvalue weighted by atomic mass is 10.0. The number of nitrogens with two attached hydrogens (primary N) is 1. The van der Waals surface area contributed by atoms with Crippen molar-refractivity contribution in [2.24, 2.45) is 5.73 Å². The highest BCUT2D eigenvalue weighted by molar-refractivity contribution is 5.96. The summed E-state index contributed by atoms with van der Waals surface area (Å²) >= 11 is 0. The van der Waals surface area contributed by atoms with E-state index in [1.807, 2.05) is 35.2 Å². The van der Waals surface area contributed by atoms with E-state index in [-0.39, 0.29) is 11.9 Å². The zero-order valence-electron chi connectivity index (χ0n) is 13.7. The predicted molar refractivity (Wildman–Crippen MR) is 91.9 cm³/mol. The molecule has 0 radical (unpaired) electrons. The van der Waals surface area contributed by atoms with E-state index in [0.29, 0.717) is 6.54 Å². The van der Waals surface area contributed by atoms with E-state index < -0.39 is 18.0 Å². The van der Waals surface area contributed by atoms with Crippen molar-refractivity contribution in [2.45, 2.75) is 31.5 Å². The lowest BCUT2D eigenvalue weighted by Crippen LogP contribution is -2.45. The first kappa shape index (κ1) is 17.1. The molecule has 3 amide bonds. The molecule has 130 valence electrons. The van der Waals surface area contributed by atoms with E-state index in [4.69, 9.17) is 5.73 Å². The lowest BCUT2D eigenvalue weighted by molar-refractivity contribution is -0.126. The highest BCUT2D eigenvalue weighted by Crippen LogP contribution is 2.36. The minimum Gasteiger partial charge on any atom is -0.351 e. The van der Waals surface area contributed by atoms with Gasteiger partial charge in [-0.25, -0.2) is 9.18 Å². The summed E-state index contributed by atoms with van der Waals surface area (Å²) in [6.45, 7) is 0.483. The Morgan fingerprint density at radius 2 is 1.76 bits per heavy atom. The summed E-state index contributed by atoms with van der Waals surface area (Å²) in [5.74, 6) is -0.750. The van der Waals surface area contributed by atoms with Crippen LogP contribution in [0.5, 0.6) is 0 Å². The van der Waals surface area contributed by atoms with Gasteiger partial charge in [0, 0.05) is 12.6 Å². The fraction of sp³-hybridized carbons (Fsp3) is 0.263. The average molecular weight is 341 g/mol. The Morgan fingerprint density at radius 3 is 2.32 bits per heavy atom. The van der Waals surface area contributed by atoms with Gasteiger partial charge >= 0.3 is 6.03 Å². The molecule has 3 N–H and O–H groups in total. The van der Waals surface area contributed by atoms with Crippen molar-refractivity contribution in [3.05, 3.63) is 71.5 Å². The van der Waals surface area contributed by atoms with Crippen molar-refractivity contribution in [1.82, 2.24) is 10.2 Å². The molecule has 0 unspecified atom stereocenters. The maximum Gasteiger partial charge on any atom is 0.318 e. The zero-order valence-corrected chi connectivity index (χ0v) is 13.7. The molecule has 1 saturated carbocycles. The number of carbonyl (C=O) groups is 2. The number of urea groups is 1. The average Bonchev–Trinajstić information content (AvgIpc) is 3.41. The summed E-state index contributed by atoms with van der Waals surface area (Å²) < 4.78 is 13.2. The Bertz CT molecular complexity index is 745. The van der Waals surface area contributed by atoms with Gasteiger partial charge in [0.25, 0.3) is 0 Å². The molecule has 6 heteroatoms. The number of nitrogens with zero attached hydrogens (tertiary/aromatic N) is 1. The van der Waals surface area contributed by atoms with Crippen LogP contribution in [0.15, 0.2) is 54.6 Å². The first-order valence-corrected chi connectivity index (χ1v) is 8.20. The topological polar surface area (TPSA) is 75.4 Å². The standard InChI is InChI=1S/C19H20FN3O2/c20-15-8-6-13(7-9-15)12-23(16-10-11-16)17(18(24)22-19(21)25)14-4-2-1-3-5-14/h1-9,16-17H,10-12H2,(H3,21,22,24,25)/t17-/m1/s1. The van der Waals surface area contributed by atoms with Crippen LogP contribution in [0.25, 0.3) is 0 Å². The van der Waals surface area contributed by atoms with Gasteiger partial charge in [-0.15, -0.1) is 0 Å². The molecule has 3 rings (SSSR count). The van der Waals surface area contributed by atoms with Crippen LogP contribution in [0.3, 0.4) is 0 Å². The van der Waals surface area contributed by atoms with Crippen LogP contribution < -0.4 is 11.1 Å². The molecule has 2 aromatic carbocycles. The summed E-state index contributed by atoms with van der Waals surface area (Å²) in [7, 11) is 0. The van der Waals surface area contributed by atoms with Crippen LogP contribution in [0.1, 0.15) is 30.0 Å². The van der Waals surface area contributed by atoms with E-state index in [2.05, 4.69) is 5.32 Å². The number of hydrogen-bond acceptors (Lipinski definition) is 3. The lowest BCUT2D eigenvalue weighted by Gasteiger charge is -2.31. The normalized spacial score (nSPS) is 15.0. The second kappa shape index (κ2) is 7.44. The number of halogens is 1. The highest BCUT2D eigenvalue weighted by Gasteiger charge is 2.38. The monoisotopic (exact) mass is 341 g/mol. The SMILES string of the molecule is NC(=O)NC(=O)[C@@H](c1ccccc1)N(Cc1ccc(F)cc1)C1CC1. The Morgan fingerprint density at radius 1 is 1.12 bits per heavy atom. The number of hydrogen-bond donors (Lipinski definition) is 2. The van der Waals surface area contributed by atoms with Crippen LogP contribution in [-0.4, -0.2) is 22.9 Å². The summed E-state index contributed by atoms with van der Waals surface area (Å²) in [5, 5.41) is 2.20. The van der Waals surface area contributed by atoms with Crippen molar-refractivity contribution in [2.75, 3.05) is 0 Å². The molecule has 0 aromatic heterocycles. The van der Waals surface area contributed by atoms with E-state index in [1.54, 1.807) is 12.1 Å². The molecule has 5 nitrogen and oxygen atoms in total. The quantitative estimate of drug-likeness (QED) is 0.848. The van der Waals surface area contributed by atoms with Gasteiger partial charge < -0.3 is 5.73 Å². The first-order valence-electron chi connectivity index (χ1n) is 8.20. The molecular weight excluding hydrogens is 321 g/mol.